The third kappa shape index (κ3) is 4.88. The zero-order valence-corrected chi connectivity index (χ0v) is 21.8. The summed E-state index contributed by atoms with van der Waals surface area (Å²) in [5.74, 6) is 1.60. The topological polar surface area (TPSA) is 87.8 Å². The van der Waals surface area contributed by atoms with Gasteiger partial charge in [0, 0.05) is 36.0 Å². The van der Waals surface area contributed by atoms with Gasteiger partial charge in [-0.15, -0.1) is 0 Å². The number of nitrogens with zero attached hydrogens (tertiary/aromatic N) is 2. The molecule has 0 atom stereocenters. The number of carbonyl (C=O) groups excluding carboxylic acids is 1. The Bertz CT molecular complexity index is 1400. The molecule has 1 saturated carbocycles. The van der Waals surface area contributed by atoms with Crippen LogP contribution in [0.4, 0.5) is 10.5 Å². The molecule has 2 fully saturated rings. The molecule has 0 bridgehead atoms. The molecule has 1 amide bonds. The van der Waals surface area contributed by atoms with Crippen molar-refractivity contribution in [3.05, 3.63) is 55.1 Å². The fourth-order valence-electron chi connectivity index (χ4n) is 5.32. The maximum atomic E-state index is 12.1. The number of ether oxygens (including phenoxy) is 3. The number of hydrogen-bond donors (Lipinski definition) is 1. The summed E-state index contributed by atoms with van der Waals surface area (Å²) in [4.78, 5) is 16.3. The molecule has 8 nitrogen and oxygen atoms in total. The Balaban J connectivity index is 1.44. The second kappa shape index (κ2) is 10.5. The van der Waals surface area contributed by atoms with Crippen LogP contribution in [-0.4, -0.2) is 41.1 Å². The van der Waals surface area contributed by atoms with Gasteiger partial charge < -0.3 is 23.2 Å². The fraction of sp³-hybridized carbons (Fsp3) is 0.400. The summed E-state index contributed by atoms with van der Waals surface area (Å²) in [6.45, 7) is 5.14. The van der Waals surface area contributed by atoms with Crippen LogP contribution in [0.25, 0.3) is 33.5 Å². The lowest BCUT2D eigenvalue weighted by molar-refractivity contribution is 0.0256. The van der Waals surface area contributed by atoms with Crippen molar-refractivity contribution in [1.29, 1.82) is 0 Å². The minimum Gasteiger partial charge on any atom is -0.490 e. The molecule has 3 heterocycles. The van der Waals surface area contributed by atoms with Crippen LogP contribution in [0.1, 0.15) is 52.0 Å². The van der Waals surface area contributed by atoms with Crippen molar-refractivity contribution in [2.45, 2.75) is 64.2 Å². The molecule has 0 spiro atoms. The lowest BCUT2D eigenvalue weighted by atomic mass is 9.92. The van der Waals surface area contributed by atoms with Gasteiger partial charge in [-0.25, -0.2) is 9.78 Å². The molecule has 8 heteroatoms. The van der Waals surface area contributed by atoms with E-state index >= 15 is 0 Å². The van der Waals surface area contributed by atoms with Gasteiger partial charge in [0.25, 0.3) is 0 Å². The summed E-state index contributed by atoms with van der Waals surface area (Å²) < 4.78 is 25.4. The Morgan fingerprint density at radius 1 is 1.08 bits per heavy atom. The Morgan fingerprint density at radius 2 is 1.87 bits per heavy atom. The molecular weight excluding hydrogens is 482 g/mol. The predicted molar refractivity (Wildman–Crippen MR) is 145 cm³/mol. The van der Waals surface area contributed by atoms with Crippen LogP contribution in [-0.2, 0) is 9.47 Å². The highest BCUT2D eigenvalue weighted by Gasteiger charge is 2.30. The molecule has 0 unspecified atom stereocenters. The molecule has 2 aromatic heterocycles. The minimum atomic E-state index is -0.462. The Hall–Kier alpha value is -3.78. The molecule has 2 aromatic carbocycles. The van der Waals surface area contributed by atoms with Crippen molar-refractivity contribution < 1.29 is 23.4 Å². The van der Waals surface area contributed by atoms with Crippen LogP contribution in [0.2, 0.25) is 0 Å². The van der Waals surface area contributed by atoms with E-state index in [1.54, 1.807) is 6.20 Å². The number of rotatable bonds is 7. The number of anilines is 1. The van der Waals surface area contributed by atoms with Crippen LogP contribution < -0.4 is 10.1 Å². The lowest BCUT2D eigenvalue weighted by Crippen LogP contribution is -2.25. The predicted octanol–water partition coefficient (Wildman–Crippen LogP) is 7.20. The normalized spacial score (nSPS) is 16.5. The van der Waals surface area contributed by atoms with E-state index in [1.165, 1.54) is 12.8 Å². The van der Waals surface area contributed by atoms with Gasteiger partial charge in [0.1, 0.15) is 11.9 Å². The summed E-state index contributed by atoms with van der Waals surface area (Å²) >= 11 is 0. The number of amides is 1. The van der Waals surface area contributed by atoms with Gasteiger partial charge in [-0.05, 0) is 62.9 Å². The zero-order chi connectivity index (χ0) is 26.1. The first-order chi connectivity index (χ1) is 18.6. The van der Waals surface area contributed by atoms with Crippen LogP contribution in [0, 0.1) is 0 Å². The molecule has 1 aliphatic heterocycles. The van der Waals surface area contributed by atoms with Gasteiger partial charge in [-0.1, -0.05) is 12.1 Å². The molecular formula is C30H33N3O5. The van der Waals surface area contributed by atoms with Gasteiger partial charge in [0.15, 0.2) is 12.2 Å². The molecule has 1 saturated heterocycles. The first-order valence-electron chi connectivity index (χ1n) is 13.5. The van der Waals surface area contributed by atoms with Gasteiger partial charge in [0.2, 0.25) is 0 Å². The van der Waals surface area contributed by atoms with Crippen LogP contribution >= 0.6 is 0 Å². The van der Waals surface area contributed by atoms with Crippen LogP contribution in [0.3, 0.4) is 0 Å². The first kappa shape index (κ1) is 24.6. The van der Waals surface area contributed by atoms with E-state index in [1.807, 2.05) is 38.1 Å². The van der Waals surface area contributed by atoms with Crippen molar-refractivity contribution in [2.75, 3.05) is 18.5 Å². The highest BCUT2D eigenvalue weighted by molar-refractivity contribution is 6.04. The van der Waals surface area contributed by atoms with Gasteiger partial charge in [0.05, 0.1) is 42.3 Å². The van der Waals surface area contributed by atoms with E-state index in [9.17, 15) is 4.79 Å². The quantitative estimate of drug-likeness (QED) is 0.280. The van der Waals surface area contributed by atoms with E-state index in [0.29, 0.717) is 11.7 Å². The molecule has 4 aromatic rings. The van der Waals surface area contributed by atoms with Crippen molar-refractivity contribution >= 4 is 22.7 Å². The largest absolute Gasteiger partial charge is 0.490 e. The average molecular weight is 516 g/mol. The summed E-state index contributed by atoms with van der Waals surface area (Å²) in [5, 5.41) is 3.91. The maximum absolute atomic E-state index is 12.1. The van der Waals surface area contributed by atoms with Crippen LogP contribution in [0.15, 0.2) is 59.5 Å². The number of aromatic nitrogens is 2. The highest BCUT2D eigenvalue weighted by Crippen LogP contribution is 2.47. The molecule has 2 aliphatic rings. The van der Waals surface area contributed by atoms with E-state index in [0.717, 1.165) is 78.1 Å². The van der Waals surface area contributed by atoms with Gasteiger partial charge in [-0.2, -0.15) is 0 Å². The average Bonchev–Trinajstić information content (AvgIpc) is 3.50. The van der Waals surface area contributed by atoms with Gasteiger partial charge in [-0.3, -0.25) is 5.32 Å². The summed E-state index contributed by atoms with van der Waals surface area (Å²) in [7, 11) is 0. The monoisotopic (exact) mass is 515 g/mol. The molecule has 1 aliphatic carbocycles. The summed E-state index contributed by atoms with van der Waals surface area (Å²) in [5.41, 5.74) is 4.94. The number of carbonyl (C=O) groups is 1. The van der Waals surface area contributed by atoms with Crippen LogP contribution in [0.5, 0.6) is 5.75 Å². The summed E-state index contributed by atoms with van der Waals surface area (Å²) in [6.07, 6.45) is 8.03. The second-order valence-corrected chi connectivity index (χ2v) is 10.3. The SMILES string of the molecule is CC(C)OC(=O)Nc1ccc(-c2c(-c3cnco3)c3ccc(OC4CCOCC4)cc3n2C2CCC2)cc1. The first-order valence-corrected chi connectivity index (χ1v) is 13.5. The Morgan fingerprint density at radius 3 is 2.53 bits per heavy atom. The molecule has 6 rings (SSSR count). The number of oxazole rings is 1. The smallest absolute Gasteiger partial charge is 0.411 e. The van der Waals surface area contributed by atoms with Crippen molar-refractivity contribution in [2.24, 2.45) is 0 Å². The number of fused-ring (bicyclic) bond motifs is 1. The van der Waals surface area contributed by atoms with Gasteiger partial charge >= 0.3 is 6.09 Å². The van der Waals surface area contributed by atoms with E-state index in [-0.39, 0.29) is 12.2 Å². The lowest BCUT2D eigenvalue weighted by Gasteiger charge is -2.30. The third-order valence-corrected chi connectivity index (χ3v) is 7.31. The maximum Gasteiger partial charge on any atom is 0.411 e. The summed E-state index contributed by atoms with van der Waals surface area (Å²) in [6, 6.07) is 14.6. The molecule has 1 N–H and O–H groups in total. The second-order valence-electron chi connectivity index (χ2n) is 10.3. The minimum absolute atomic E-state index is 0.170. The number of benzene rings is 2. The fourth-order valence-corrected chi connectivity index (χ4v) is 5.32. The standard InChI is InChI=1S/C30H33N3O5/c1-19(2)37-30(34)32-21-8-6-20(7-9-21)29-28(27-17-31-18-36-27)25-11-10-24(38-23-12-14-35-15-13-23)16-26(25)33(29)22-4-3-5-22/h6-11,16-19,22-23H,3-5,12-15H2,1-2H3,(H,32,34). The van der Waals surface area contributed by atoms with Crippen molar-refractivity contribution in [1.82, 2.24) is 9.55 Å². The molecule has 38 heavy (non-hydrogen) atoms. The molecule has 0 radical (unpaired) electrons. The van der Waals surface area contributed by atoms with Crippen molar-refractivity contribution in [3.8, 4) is 28.3 Å². The highest BCUT2D eigenvalue weighted by atomic mass is 16.6. The number of hydrogen-bond acceptors (Lipinski definition) is 6. The Labute approximate surface area is 221 Å². The van der Waals surface area contributed by atoms with E-state index in [2.05, 4.69) is 33.1 Å². The van der Waals surface area contributed by atoms with Crippen molar-refractivity contribution in [3.63, 3.8) is 0 Å². The zero-order valence-electron chi connectivity index (χ0n) is 21.8. The number of nitrogens with one attached hydrogen (secondary N) is 1. The van der Waals surface area contributed by atoms with E-state index < -0.39 is 6.09 Å². The van der Waals surface area contributed by atoms with E-state index in [4.69, 9.17) is 18.6 Å². The molecule has 198 valence electrons. The third-order valence-electron chi connectivity index (χ3n) is 7.31. The Kier molecular flexibility index (Phi) is 6.81.